The SMILES string of the molecule is CCNC(=NCC(C)COCc1ccccc1)NC(C)CCS(C)(=O)=O.I. The Kier molecular flexibility index (Phi) is 13.7. The van der Waals surface area contributed by atoms with Gasteiger partial charge < -0.3 is 15.4 Å². The number of hydrogen-bond donors (Lipinski definition) is 2. The molecule has 0 saturated heterocycles. The minimum Gasteiger partial charge on any atom is -0.376 e. The number of sulfone groups is 1. The molecular weight excluding hydrogens is 477 g/mol. The number of rotatable bonds is 11. The number of benzene rings is 1. The Labute approximate surface area is 181 Å². The second kappa shape index (κ2) is 14.2. The van der Waals surface area contributed by atoms with Crippen molar-refractivity contribution in [2.45, 2.75) is 39.8 Å². The molecule has 0 spiro atoms. The third-order valence-electron chi connectivity index (χ3n) is 3.72. The summed E-state index contributed by atoms with van der Waals surface area (Å²) in [5.41, 5.74) is 1.16. The van der Waals surface area contributed by atoms with Gasteiger partial charge in [-0.1, -0.05) is 37.3 Å². The standard InChI is InChI=1S/C19H33N3O3S.HI/c1-5-20-19(22-17(3)11-12-26(4,23)24)21-13-16(2)14-25-15-18-9-7-6-8-10-18;/h6-10,16-17H,5,11-15H2,1-4H3,(H2,20,21,22);1H. The van der Waals surface area contributed by atoms with Gasteiger partial charge in [0.1, 0.15) is 9.84 Å². The number of aliphatic imine (C=N–C) groups is 1. The highest BCUT2D eigenvalue weighted by atomic mass is 127. The van der Waals surface area contributed by atoms with Crippen LogP contribution in [0.4, 0.5) is 0 Å². The number of nitrogens with zero attached hydrogens (tertiary/aromatic N) is 1. The van der Waals surface area contributed by atoms with Crippen LogP contribution >= 0.6 is 24.0 Å². The first-order valence-corrected chi connectivity index (χ1v) is 11.2. The second-order valence-corrected chi connectivity index (χ2v) is 9.05. The van der Waals surface area contributed by atoms with Crippen molar-refractivity contribution in [1.29, 1.82) is 0 Å². The van der Waals surface area contributed by atoms with Crippen molar-refractivity contribution in [2.24, 2.45) is 10.9 Å². The summed E-state index contributed by atoms with van der Waals surface area (Å²) in [5.74, 6) is 1.17. The molecule has 0 saturated carbocycles. The van der Waals surface area contributed by atoms with Crippen LogP contribution in [0.25, 0.3) is 0 Å². The summed E-state index contributed by atoms with van der Waals surface area (Å²) in [6, 6.07) is 10.1. The number of hydrogen-bond acceptors (Lipinski definition) is 4. The van der Waals surface area contributed by atoms with Crippen molar-refractivity contribution in [3.63, 3.8) is 0 Å². The van der Waals surface area contributed by atoms with Crippen LogP contribution < -0.4 is 10.6 Å². The Morgan fingerprint density at radius 3 is 2.48 bits per heavy atom. The van der Waals surface area contributed by atoms with Gasteiger partial charge >= 0.3 is 0 Å². The van der Waals surface area contributed by atoms with E-state index < -0.39 is 9.84 Å². The molecule has 0 heterocycles. The van der Waals surface area contributed by atoms with Crippen molar-refractivity contribution in [2.75, 3.05) is 31.7 Å². The lowest BCUT2D eigenvalue weighted by Crippen LogP contribution is -2.43. The quantitative estimate of drug-likeness (QED) is 0.272. The summed E-state index contributed by atoms with van der Waals surface area (Å²) < 4.78 is 28.3. The highest BCUT2D eigenvalue weighted by Gasteiger charge is 2.10. The van der Waals surface area contributed by atoms with Gasteiger partial charge in [0.2, 0.25) is 0 Å². The number of halogens is 1. The second-order valence-electron chi connectivity index (χ2n) is 6.79. The average Bonchev–Trinajstić information content (AvgIpc) is 2.58. The van der Waals surface area contributed by atoms with Crippen LogP contribution in [0.5, 0.6) is 0 Å². The average molecular weight is 511 g/mol. The molecule has 1 rings (SSSR count). The third kappa shape index (κ3) is 13.9. The van der Waals surface area contributed by atoms with Gasteiger partial charge in [0.05, 0.1) is 19.0 Å². The fourth-order valence-electron chi connectivity index (χ4n) is 2.27. The predicted octanol–water partition coefficient (Wildman–Crippen LogP) is 2.84. The van der Waals surface area contributed by atoms with E-state index in [4.69, 9.17) is 4.74 Å². The van der Waals surface area contributed by atoms with E-state index in [9.17, 15) is 8.42 Å². The highest BCUT2D eigenvalue weighted by Crippen LogP contribution is 2.04. The summed E-state index contributed by atoms with van der Waals surface area (Å²) in [4.78, 5) is 4.59. The monoisotopic (exact) mass is 511 g/mol. The maximum absolute atomic E-state index is 11.3. The predicted molar refractivity (Wildman–Crippen MR) is 124 cm³/mol. The van der Waals surface area contributed by atoms with E-state index in [1.54, 1.807) is 0 Å². The number of nitrogens with one attached hydrogen (secondary N) is 2. The lowest BCUT2D eigenvalue weighted by Gasteiger charge is -2.18. The van der Waals surface area contributed by atoms with Crippen LogP contribution in [-0.2, 0) is 21.2 Å². The Balaban J connectivity index is 0.00000676. The summed E-state index contributed by atoms with van der Waals surface area (Å²) in [6.07, 6.45) is 1.81. The molecule has 8 heteroatoms. The van der Waals surface area contributed by atoms with E-state index in [1.807, 2.05) is 44.2 Å². The zero-order chi connectivity index (χ0) is 19.4. The lowest BCUT2D eigenvalue weighted by atomic mass is 10.2. The maximum Gasteiger partial charge on any atom is 0.191 e. The fourth-order valence-corrected chi connectivity index (χ4v) is 3.05. The van der Waals surface area contributed by atoms with Crippen LogP contribution in [0.1, 0.15) is 32.8 Å². The third-order valence-corrected chi connectivity index (χ3v) is 4.70. The van der Waals surface area contributed by atoms with Gasteiger partial charge in [0, 0.05) is 25.4 Å². The van der Waals surface area contributed by atoms with E-state index in [2.05, 4.69) is 22.5 Å². The molecule has 0 aliphatic rings. The molecule has 0 aliphatic heterocycles. The zero-order valence-electron chi connectivity index (χ0n) is 16.8. The molecule has 156 valence electrons. The summed E-state index contributed by atoms with van der Waals surface area (Å²) >= 11 is 0. The van der Waals surface area contributed by atoms with Crippen molar-refractivity contribution in [3.05, 3.63) is 35.9 Å². The smallest absolute Gasteiger partial charge is 0.191 e. The molecule has 0 bridgehead atoms. The Morgan fingerprint density at radius 2 is 1.89 bits per heavy atom. The molecule has 2 N–H and O–H groups in total. The van der Waals surface area contributed by atoms with Crippen LogP contribution in [0.3, 0.4) is 0 Å². The molecule has 0 amide bonds. The number of guanidine groups is 1. The molecule has 1 aromatic carbocycles. The van der Waals surface area contributed by atoms with Crippen LogP contribution in [0.2, 0.25) is 0 Å². The van der Waals surface area contributed by atoms with Gasteiger partial charge in [-0.25, -0.2) is 8.42 Å². The largest absolute Gasteiger partial charge is 0.376 e. The fraction of sp³-hybridized carbons (Fsp3) is 0.632. The molecular formula is C19H34IN3O3S. The van der Waals surface area contributed by atoms with Gasteiger partial charge in [-0.3, -0.25) is 4.99 Å². The first kappa shape index (κ1) is 26.1. The van der Waals surface area contributed by atoms with Crippen molar-refractivity contribution in [1.82, 2.24) is 10.6 Å². The minimum absolute atomic E-state index is 0. The zero-order valence-corrected chi connectivity index (χ0v) is 19.9. The molecule has 2 unspecified atom stereocenters. The Hall–Kier alpha value is -0.870. The van der Waals surface area contributed by atoms with Gasteiger partial charge in [0.25, 0.3) is 0 Å². The number of ether oxygens (including phenoxy) is 1. The Bertz CT molecular complexity index is 639. The molecule has 6 nitrogen and oxygen atoms in total. The van der Waals surface area contributed by atoms with E-state index in [1.165, 1.54) is 6.26 Å². The highest BCUT2D eigenvalue weighted by molar-refractivity contribution is 14.0. The topological polar surface area (TPSA) is 79.8 Å². The molecule has 27 heavy (non-hydrogen) atoms. The van der Waals surface area contributed by atoms with Gasteiger partial charge in [-0.05, 0) is 31.7 Å². The first-order valence-electron chi connectivity index (χ1n) is 9.14. The Morgan fingerprint density at radius 1 is 1.22 bits per heavy atom. The van der Waals surface area contributed by atoms with Crippen LogP contribution in [0, 0.1) is 5.92 Å². The van der Waals surface area contributed by atoms with Crippen molar-refractivity contribution < 1.29 is 13.2 Å². The van der Waals surface area contributed by atoms with Gasteiger partial charge in [-0.2, -0.15) is 0 Å². The lowest BCUT2D eigenvalue weighted by molar-refractivity contribution is 0.0945. The van der Waals surface area contributed by atoms with Crippen LogP contribution in [-0.4, -0.2) is 52.1 Å². The molecule has 0 aromatic heterocycles. The summed E-state index contributed by atoms with van der Waals surface area (Å²) in [7, 11) is -2.94. The molecule has 0 fully saturated rings. The molecule has 0 radical (unpaired) electrons. The normalized spacial score (nSPS) is 14.1. The van der Waals surface area contributed by atoms with E-state index in [0.717, 1.165) is 12.1 Å². The van der Waals surface area contributed by atoms with Gasteiger partial charge in [0.15, 0.2) is 5.96 Å². The van der Waals surface area contributed by atoms with E-state index in [0.29, 0.717) is 38.1 Å². The van der Waals surface area contributed by atoms with E-state index >= 15 is 0 Å². The first-order chi connectivity index (χ1) is 12.3. The van der Waals surface area contributed by atoms with Crippen molar-refractivity contribution in [3.8, 4) is 0 Å². The minimum atomic E-state index is -2.94. The maximum atomic E-state index is 11.3. The summed E-state index contributed by atoms with van der Waals surface area (Å²) in [5, 5.41) is 6.46. The van der Waals surface area contributed by atoms with E-state index in [-0.39, 0.29) is 35.8 Å². The summed E-state index contributed by atoms with van der Waals surface area (Å²) in [6.45, 7) is 8.71. The molecule has 2 atom stereocenters. The van der Waals surface area contributed by atoms with Gasteiger partial charge in [-0.15, -0.1) is 24.0 Å². The van der Waals surface area contributed by atoms with Crippen LogP contribution in [0.15, 0.2) is 35.3 Å². The molecule has 0 aliphatic carbocycles. The van der Waals surface area contributed by atoms with Crippen molar-refractivity contribution >= 4 is 39.8 Å². The molecule has 1 aromatic rings.